The van der Waals surface area contributed by atoms with Gasteiger partial charge in [0, 0.05) is 35.9 Å². The normalized spacial score (nSPS) is 16.4. The van der Waals surface area contributed by atoms with Gasteiger partial charge in [0.15, 0.2) is 0 Å². The molecule has 4 nitrogen and oxygen atoms in total. The topological polar surface area (TPSA) is 45.6 Å². The molecular formula is C14H21BrN2O2. The number of halogens is 1. The van der Waals surface area contributed by atoms with Crippen molar-refractivity contribution in [3.63, 3.8) is 0 Å². The number of anilines is 1. The average Bonchev–Trinajstić information content (AvgIpc) is 3.24. The molecule has 1 saturated carbocycles. The number of pyridine rings is 1. The van der Waals surface area contributed by atoms with Gasteiger partial charge in [-0.1, -0.05) is 0 Å². The van der Waals surface area contributed by atoms with Gasteiger partial charge in [-0.3, -0.25) is 0 Å². The van der Waals surface area contributed by atoms with Crippen LogP contribution in [0.5, 0.6) is 0 Å². The second-order valence-electron chi connectivity index (χ2n) is 5.06. The fraction of sp³-hybridized carbons (Fsp3) is 0.643. The molecule has 1 aromatic heterocycles. The Balaban J connectivity index is 2.25. The van der Waals surface area contributed by atoms with Gasteiger partial charge in [-0.25, -0.2) is 4.98 Å². The minimum Gasteiger partial charge on any atom is -0.392 e. The lowest BCUT2D eigenvalue weighted by Gasteiger charge is -2.31. The van der Waals surface area contributed by atoms with Gasteiger partial charge in [0.05, 0.1) is 13.2 Å². The molecule has 0 aliphatic heterocycles. The predicted octanol–water partition coefficient (Wildman–Crippen LogP) is 2.59. The van der Waals surface area contributed by atoms with E-state index in [4.69, 9.17) is 4.74 Å². The summed E-state index contributed by atoms with van der Waals surface area (Å²) >= 11 is 3.40. The number of nitrogens with zero attached hydrogens (tertiary/aromatic N) is 2. The molecule has 1 fully saturated rings. The lowest BCUT2D eigenvalue weighted by molar-refractivity contribution is 0.202. The van der Waals surface area contributed by atoms with E-state index in [1.165, 1.54) is 12.8 Å². The van der Waals surface area contributed by atoms with Crippen LogP contribution in [0.1, 0.15) is 25.3 Å². The fourth-order valence-electron chi connectivity index (χ4n) is 2.37. The maximum atomic E-state index is 9.53. The molecule has 1 aromatic rings. The van der Waals surface area contributed by atoms with Gasteiger partial charge in [0.25, 0.3) is 0 Å². The number of aromatic nitrogens is 1. The van der Waals surface area contributed by atoms with Crippen LogP contribution in [0, 0.1) is 5.92 Å². The minimum atomic E-state index is 0.00262. The van der Waals surface area contributed by atoms with E-state index in [2.05, 4.69) is 32.7 Å². The summed E-state index contributed by atoms with van der Waals surface area (Å²) in [6.07, 6.45) is 4.36. The van der Waals surface area contributed by atoms with E-state index >= 15 is 0 Å². The summed E-state index contributed by atoms with van der Waals surface area (Å²) in [6.45, 7) is 3.70. The first kappa shape index (κ1) is 14.8. The largest absolute Gasteiger partial charge is 0.392 e. The van der Waals surface area contributed by atoms with Crippen LogP contribution in [0.15, 0.2) is 16.7 Å². The van der Waals surface area contributed by atoms with E-state index in [0.29, 0.717) is 12.6 Å². The monoisotopic (exact) mass is 328 g/mol. The van der Waals surface area contributed by atoms with Gasteiger partial charge in [0.2, 0.25) is 0 Å². The van der Waals surface area contributed by atoms with E-state index in [1.807, 2.05) is 6.07 Å². The Hall–Kier alpha value is -0.650. The third kappa shape index (κ3) is 3.68. The molecule has 1 N–H and O–H groups in total. The highest BCUT2D eigenvalue weighted by molar-refractivity contribution is 9.10. The number of aliphatic hydroxyl groups is 1. The number of hydrogen-bond acceptors (Lipinski definition) is 4. The zero-order valence-electron chi connectivity index (χ0n) is 11.5. The van der Waals surface area contributed by atoms with Gasteiger partial charge in [0.1, 0.15) is 5.82 Å². The molecule has 106 valence electrons. The summed E-state index contributed by atoms with van der Waals surface area (Å²) in [7, 11) is 1.71. The van der Waals surface area contributed by atoms with Crippen LogP contribution in [0.3, 0.4) is 0 Å². The summed E-state index contributed by atoms with van der Waals surface area (Å²) in [5.74, 6) is 1.62. The fourth-order valence-corrected chi connectivity index (χ4v) is 2.75. The molecule has 19 heavy (non-hydrogen) atoms. The van der Waals surface area contributed by atoms with Crippen LogP contribution >= 0.6 is 15.9 Å². The third-order valence-corrected chi connectivity index (χ3v) is 4.12. The van der Waals surface area contributed by atoms with E-state index in [0.717, 1.165) is 28.3 Å². The molecule has 0 aromatic carbocycles. The highest BCUT2D eigenvalue weighted by Gasteiger charge is 2.33. The number of aliphatic hydroxyl groups excluding tert-OH is 1. The number of rotatable bonds is 7. The molecule has 1 atom stereocenters. The molecule has 1 heterocycles. The molecule has 0 spiro atoms. The van der Waals surface area contributed by atoms with Crippen molar-refractivity contribution in [2.75, 3.05) is 25.2 Å². The molecule has 1 unspecified atom stereocenters. The highest BCUT2D eigenvalue weighted by atomic mass is 79.9. The van der Waals surface area contributed by atoms with Crippen molar-refractivity contribution >= 4 is 21.7 Å². The van der Waals surface area contributed by atoms with Crippen LogP contribution in [0.4, 0.5) is 5.82 Å². The van der Waals surface area contributed by atoms with Gasteiger partial charge in [-0.05, 0) is 47.7 Å². The molecule has 1 aliphatic rings. The summed E-state index contributed by atoms with van der Waals surface area (Å²) in [4.78, 5) is 6.76. The number of ether oxygens (including phenoxy) is 1. The summed E-state index contributed by atoms with van der Waals surface area (Å²) in [5, 5.41) is 9.53. The van der Waals surface area contributed by atoms with Crippen molar-refractivity contribution in [1.29, 1.82) is 0 Å². The Morgan fingerprint density at radius 1 is 1.58 bits per heavy atom. The summed E-state index contributed by atoms with van der Waals surface area (Å²) in [5.41, 5.74) is 0.859. The van der Waals surface area contributed by atoms with E-state index in [1.54, 1.807) is 13.3 Å². The lowest BCUT2D eigenvalue weighted by Crippen LogP contribution is -2.38. The molecule has 2 rings (SSSR count). The smallest absolute Gasteiger partial charge is 0.134 e. The second kappa shape index (κ2) is 6.68. The van der Waals surface area contributed by atoms with E-state index in [9.17, 15) is 5.11 Å². The van der Waals surface area contributed by atoms with Crippen molar-refractivity contribution in [3.8, 4) is 0 Å². The molecule has 0 bridgehead atoms. The van der Waals surface area contributed by atoms with Crippen molar-refractivity contribution in [1.82, 2.24) is 4.98 Å². The molecule has 0 amide bonds. The van der Waals surface area contributed by atoms with Crippen LogP contribution in [0.25, 0.3) is 0 Å². The first-order valence-electron chi connectivity index (χ1n) is 6.68. The maximum Gasteiger partial charge on any atom is 0.134 e. The Morgan fingerprint density at radius 2 is 2.32 bits per heavy atom. The standard InChI is InChI=1S/C14H21BrN2O2/c1-10(11-3-4-11)17(5-6-19-2)14-12(9-18)7-13(15)8-16-14/h7-8,10-11,18H,3-6,9H2,1-2H3. The highest BCUT2D eigenvalue weighted by Crippen LogP contribution is 2.37. The Bertz CT molecular complexity index is 424. The van der Waals surface area contributed by atoms with Crippen LogP contribution in [0.2, 0.25) is 0 Å². The van der Waals surface area contributed by atoms with Crippen LogP contribution in [-0.4, -0.2) is 36.4 Å². The van der Waals surface area contributed by atoms with Crippen molar-refractivity contribution in [2.24, 2.45) is 5.92 Å². The first-order valence-corrected chi connectivity index (χ1v) is 7.47. The van der Waals surface area contributed by atoms with Gasteiger partial charge in [-0.15, -0.1) is 0 Å². The molecular weight excluding hydrogens is 308 g/mol. The molecule has 0 saturated heterocycles. The lowest BCUT2D eigenvalue weighted by atomic mass is 10.1. The van der Waals surface area contributed by atoms with Gasteiger partial charge in [-0.2, -0.15) is 0 Å². The van der Waals surface area contributed by atoms with Crippen molar-refractivity contribution in [2.45, 2.75) is 32.4 Å². The zero-order valence-corrected chi connectivity index (χ0v) is 13.1. The quantitative estimate of drug-likeness (QED) is 0.835. The number of hydrogen-bond donors (Lipinski definition) is 1. The van der Waals surface area contributed by atoms with Gasteiger partial charge < -0.3 is 14.7 Å². The summed E-state index contributed by atoms with van der Waals surface area (Å²) in [6, 6.07) is 2.37. The second-order valence-corrected chi connectivity index (χ2v) is 5.97. The number of methoxy groups -OCH3 is 1. The Labute approximate surface area is 122 Å². The van der Waals surface area contributed by atoms with Crippen molar-refractivity contribution in [3.05, 3.63) is 22.3 Å². The Morgan fingerprint density at radius 3 is 2.89 bits per heavy atom. The van der Waals surface area contributed by atoms with E-state index in [-0.39, 0.29) is 6.61 Å². The zero-order chi connectivity index (χ0) is 13.8. The van der Waals surface area contributed by atoms with Gasteiger partial charge >= 0.3 is 0 Å². The maximum absolute atomic E-state index is 9.53. The SMILES string of the molecule is COCCN(c1ncc(Br)cc1CO)C(C)C1CC1. The van der Waals surface area contributed by atoms with Crippen LogP contribution in [-0.2, 0) is 11.3 Å². The molecule has 1 aliphatic carbocycles. The average molecular weight is 329 g/mol. The van der Waals surface area contributed by atoms with Crippen LogP contribution < -0.4 is 4.90 Å². The van der Waals surface area contributed by atoms with E-state index < -0.39 is 0 Å². The predicted molar refractivity (Wildman–Crippen MR) is 79.3 cm³/mol. The minimum absolute atomic E-state index is 0.00262. The Kier molecular flexibility index (Phi) is 5.19. The van der Waals surface area contributed by atoms with Crippen molar-refractivity contribution < 1.29 is 9.84 Å². The third-order valence-electron chi connectivity index (χ3n) is 3.68. The molecule has 0 radical (unpaired) electrons. The first-order chi connectivity index (χ1) is 9.17. The molecule has 5 heteroatoms. The summed E-state index contributed by atoms with van der Waals surface area (Å²) < 4.78 is 6.09.